The molecule has 0 atom stereocenters. The average molecular weight is 518 g/mol. The van der Waals surface area contributed by atoms with E-state index in [4.69, 9.17) is 9.97 Å². The highest BCUT2D eigenvalue weighted by Crippen LogP contribution is 2.28. The van der Waals surface area contributed by atoms with Crippen LogP contribution in [0.4, 0.5) is 17.3 Å². The van der Waals surface area contributed by atoms with Crippen LogP contribution in [0.15, 0.2) is 97.1 Å². The number of aliphatic hydroxyl groups excluding tert-OH is 1. The number of aliphatic hydroxyl groups is 1. The van der Waals surface area contributed by atoms with E-state index in [1.165, 1.54) is 0 Å². The second-order valence-corrected chi connectivity index (χ2v) is 9.49. The molecule has 0 aliphatic carbocycles. The Morgan fingerprint density at radius 3 is 2.38 bits per heavy atom. The van der Waals surface area contributed by atoms with Gasteiger partial charge in [0.1, 0.15) is 0 Å². The summed E-state index contributed by atoms with van der Waals surface area (Å²) in [5.41, 5.74) is 6.95. The van der Waals surface area contributed by atoms with E-state index in [-0.39, 0.29) is 12.5 Å². The number of hydrogen-bond acceptors (Lipinski definition) is 6. The average Bonchev–Trinajstić information content (AvgIpc) is 2.96. The van der Waals surface area contributed by atoms with Crippen molar-refractivity contribution in [2.24, 2.45) is 0 Å². The van der Waals surface area contributed by atoms with Crippen LogP contribution in [0.1, 0.15) is 21.5 Å². The minimum Gasteiger partial charge on any atom is -0.395 e. The number of hydrogen-bond donors (Lipinski definition) is 3. The van der Waals surface area contributed by atoms with E-state index in [9.17, 15) is 9.90 Å². The second kappa shape index (κ2) is 11.9. The van der Waals surface area contributed by atoms with Crippen LogP contribution >= 0.6 is 0 Å². The fraction of sp³-hybridized carbons (Fsp3) is 0.156. The van der Waals surface area contributed by atoms with Crippen LogP contribution in [0.2, 0.25) is 0 Å². The first-order valence-electron chi connectivity index (χ1n) is 12.9. The summed E-state index contributed by atoms with van der Waals surface area (Å²) in [5, 5.41) is 16.5. The lowest BCUT2D eigenvalue weighted by atomic mass is 10.1. The lowest BCUT2D eigenvalue weighted by Crippen LogP contribution is -2.22. The molecule has 5 rings (SSSR count). The number of carbonyl (C=O) groups is 1. The van der Waals surface area contributed by atoms with Gasteiger partial charge in [-0.2, -0.15) is 0 Å². The quantitative estimate of drug-likeness (QED) is 0.221. The van der Waals surface area contributed by atoms with Crippen molar-refractivity contribution < 1.29 is 9.90 Å². The Morgan fingerprint density at radius 1 is 0.872 bits per heavy atom. The summed E-state index contributed by atoms with van der Waals surface area (Å²) in [4.78, 5) is 24.6. The molecule has 7 nitrogen and oxygen atoms in total. The molecule has 0 fully saturated rings. The maximum absolute atomic E-state index is 13.0. The third-order valence-electron chi connectivity index (χ3n) is 6.67. The molecule has 39 heavy (non-hydrogen) atoms. The van der Waals surface area contributed by atoms with Gasteiger partial charge >= 0.3 is 0 Å². The number of amides is 1. The molecular formula is C32H31N5O2. The Bertz CT molecular complexity index is 1590. The monoisotopic (exact) mass is 517 g/mol. The van der Waals surface area contributed by atoms with Crippen LogP contribution in [-0.2, 0) is 6.54 Å². The SMILES string of the molecule is Cc1c(CN(C)CCO)cccc1NC(=O)c1ccc(Nc2nc(-c3ccccc3)c3ccccc3n2)cc1. The molecule has 0 spiro atoms. The van der Waals surface area contributed by atoms with Crippen molar-refractivity contribution in [3.8, 4) is 11.3 Å². The van der Waals surface area contributed by atoms with E-state index in [0.717, 1.165) is 44.7 Å². The zero-order valence-electron chi connectivity index (χ0n) is 22.1. The van der Waals surface area contributed by atoms with Gasteiger partial charge in [-0.15, -0.1) is 0 Å². The topological polar surface area (TPSA) is 90.4 Å². The van der Waals surface area contributed by atoms with Gasteiger partial charge < -0.3 is 15.7 Å². The van der Waals surface area contributed by atoms with E-state index in [0.29, 0.717) is 24.6 Å². The molecule has 0 unspecified atom stereocenters. The molecule has 3 N–H and O–H groups in total. The standard InChI is InChI=1S/C32H31N5O2/c1-22-25(21-37(2)19-20-38)11-8-14-28(22)34-31(39)24-15-17-26(18-16-24)33-32-35-29-13-7-6-12-27(29)30(36-32)23-9-4-3-5-10-23/h3-18,38H,19-21H2,1-2H3,(H,34,39)(H,33,35,36). The zero-order chi connectivity index (χ0) is 27.2. The number of benzene rings is 4. The number of likely N-dealkylation sites (N-methyl/N-ethyl adjacent to an activating group) is 1. The summed E-state index contributed by atoms with van der Waals surface area (Å²) in [6, 6.07) is 31.2. The number of nitrogens with zero attached hydrogens (tertiary/aromatic N) is 3. The van der Waals surface area contributed by atoms with Crippen molar-refractivity contribution in [2.75, 3.05) is 30.8 Å². The third kappa shape index (κ3) is 6.12. The molecule has 1 aromatic heterocycles. The van der Waals surface area contributed by atoms with E-state index in [1.54, 1.807) is 12.1 Å². The predicted octanol–water partition coefficient (Wildman–Crippen LogP) is 6.03. The van der Waals surface area contributed by atoms with E-state index in [1.807, 2.05) is 104 Å². The number of fused-ring (bicyclic) bond motifs is 1. The van der Waals surface area contributed by atoms with E-state index in [2.05, 4.69) is 10.6 Å². The fourth-order valence-corrected chi connectivity index (χ4v) is 4.51. The number of carbonyl (C=O) groups excluding carboxylic acids is 1. The predicted molar refractivity (Wildman–Crippen MR) is 157 cm³/mol. The molecule has 0 aliphatic rings. The highest BCUT2D eigenvalue weighted by Gasteiger charge is 2.13. The summed E-state index contributed by atoms with van der Waals surface area (Å²) in [7, 11) is 1.96. The van der Waals surface area contributed by atoms with Crippen LogP contribution in [0.3, 0.4) is 0 Å². The number of para-hydroxylation sites is 1. The summed E-state index contributed by atoms with van der Waals surface area (Å²) in [6.07, 6.45) is 0. The van der Waals surface area contributed by atoms with Crippen LogP contribution in [0, 0.1) is 6.92 Å². The van der Waals surface area contributed by atoms with Crippen molar-refractivity contribution in [3.05, 3.63) is 114 Å². The summed E-state index contributed by atoms with van der Waals surface area (Å²) in [6.45, 7) is 3.39. The molecule has 0 aliphatic heterocycles. The molecule has 1 heterocycles. The first kappa shape index (κ1) is 26.0. The largest absolute Gasteiger partial charge is 0.395 e. The maximum atomic E-state index is 13.0. The van der Waals surface area contributed by atoms with Gasteiger partial charge in [-0.05, 0) is 61.5 Å². The lowest BCUT2D eigenvalue weighted by molar-refractivity contribution is 0.102. The van der Waals surface area contributed by atoms with E-state index >= 15 is 0 Å². The lowest BCUT2D eigenvalue weighted by Gasteiger charge is -2.18. The summed E-state index contributed by atoms with van der Waals surface area (Å²) < 4.78 is 0. The Morgan fingerprint density at radius 2 is 1.62 bits per heavy atom. The van der Waals surface area contributed by atoms with Gasteiger partial charge in [0, 0.05) is 41.0 Å². The molecule has 0 saturated heterocycles. The normalized spacial score (nSPS) is 11.1. The van der Waals surface area contributed by atoms with Gasteiger partial charge in [-0.1, -0.05) is 60.7 Å². The van der Waals surface area contributed by atoms with Crippen molar-refractivity contribution in [3.63, 3.8) is 0 Å². The van der Waals surface area contributed by atoms with E-state index < -0.39 is 0 Å². The van der Waals surface area contributed by atoms with Crippen LogP contribution in [0.5, 0.6) is 0 Å². The van der Waals surface area contributed by atoms with Crippen LogP contribution in [0.25, 0.3) is 22.2 Å². The Labute approximate surface area is 228 Å². The van der Waals surface area contributed by atoms with Crippen molar-refractivity contribution in [1.82, 2.24) is 14.9 Å². The van der Waals surface area contributed by atoms with Gasteiger partial charge in [0.15, 0.2) is 0 Å². The third-order valence-corrected chi connectivity index (χ3v) is 6.67. The van der Waals surface area contributed by atoms with Gasteiger partial charge in [0.05, 0.1) is 17.8 Å². The highest BCUT2D eigenvalue weighted by molar-refractivity contribution is 6.05. The minimum atomic E-state index is -0.182. The number of aromatic nitrogens is 2. The smallest absolute Gasteiger partial charge is 0.255 e. The Hall–Kier alpha value is -4.59. The summed E-state index contributed by atoms with van der Waals surface area (Å²) >= 11 is 0. The molecule has 4 aromatic carbocycles. The van der Waals surface area contributed by atoms with Crippen molar-refractivity contribution >= 4 is 34.1 Å². The van der Waals surface area contributed by atoms with Crippen LogP contribution in [-0.4, -0.2) is 46.1 Å². The van der Waals surface area contributed by atoms with Gasteiger partial charge in [-0.25, -0.2) is 9.97 Å². The Balaban J connectivity index is 1.32. The van der Waals surface area contributed by atoms with Crippen molar-refractivity contribution in [1.29, 1.82) is 0 Å². The van der Waals surface area contributed by atoms with Gasteiger partial charge in [0.25, 0.3) is 5.91 Å². The second-order valence-electron chi connectivity index (χ2n) is 9.49. The molecule has 7 heteroatoms. The molecule has 5 aromatic rings. The molecule has 1 amide bonds. The van der Waals surface area contributed by atoms with Crippen LogP contribution < -0.4 is 10.6 Å². The molecular weight excluding hydrogens is 486 g/mol. The molecule has 0 bridgehead atoms. The van der Waals surface area contributed by atoms with Gasteiger partial charge in [-0.3, -0.25) is 9.69 Å². The first-order valence-corrected chi connectivity index (χ1v) is 12.9. The Kier molecular flexibility index (Phi) is 7.91. The number of nitrogens with one attached hydrogen (secondary N) is 2. The summed E-state index contributed by atoms with van der Waals surface area (Å²) in [5.74, 6) is 0.308. The zero-order valence-corrected chi connectivity index (χ0v) is 22.1. The highest BCUT2D eigenvalue weighted by atomic mass is 16.3. The first-order chi connectivity index (χ1) is 19.0. The van der Waals surface area contributed by atoms with Gasteiger partial charge in [0.2, 0.25) is 5.95 Å². The maximum Gasteiger partial charge on any atom is 0.255 e. The minimum absolute atomic E-state index is 0.109. The van der Waals surface area contributed by atoms with Crippen molar-refractivity contribution in [2.45, 2.75) is 13.5 Å². The molecule has 196 valence electrons. The number of anilines is 3. The molecule has 0 radical (unpaired) electrons. The molecule has 0 saturated carbocycles. The fourth-order valence-electron chi connectivity index (χ4n) is 4.51. The number of rotatable bonds is 9.